The van der Waals surface area contributed by atoms with Crippen LogP contribution in [-0.4, -0.2) is 42.4 Å². The molecule has 1 aliphatic heterocycles. The molecule has 2 rings (SSSR count). The van der Waals surface area contributed by atoms with Crippen LogP contribution >= 0.6 is 11.6 Å². The molecule has 1 aromatic heterocycles. The van der Waals surface area contributed by atoms with E-state index in [1.54, 1.807) is 7.11 Å². The van der Waals surface area contributed by atoms with Crippen LogP contribution in [0.3, 0.4) is 0 Å². The molecule has 0 amide bonds. The molecular formula is C11H16ClN3O2. The van der Waals surface area contributed by atoms with Crippen molar-refractivity contribution in [2.45, 2.75) is 19.4 Å². The summed E-state index contributed by atoms with van der Waals surface area (Å²) < 4.78 is 10.9. The second kappa shape index (κ2) is 4.66. The van der Waals surface area contributed by atoms with Gasteiger partial charge in [-0.15, -0.1) is 0 Å². The number of hydrogen-bond donors (Lipinski definition) is 0. The molecule has 0 unspecified atom stereocenters. The summed E-state index contributed by atoms with van der Waals surface area (Å²) in [6.45, 7) is 6.28. The third-order valence-electron chi connectivity index (χ3n) is 2.67. The molecule has 0 atom stereocenters. The zero-order valence-electron chi connectivity index (χ0n) is 10.2. The van der Waals surface area contributed by atoms with E-state index < -0.39 is 0 Å². The first kappa shape index (κ1) is 12.4. The predicted molar refractivity (Wildman–Crippen MR) is 65.8 cm³/mol. The SMILES string of the molecule is COc1c(Cl)ncnc1N1CCOC(C)(C)C1. The second-order valence-corrected chi connectivity index (χ2v) is 4.91. The first-order valence-electron chi connectivity index (χ1n) is 5.47. The molecule has 1 fully saturated rings. The van der Waals surface area contributed by atoms with E-state index >= 15 is 0 Å². The molecule has 0 aliphatic carbocycles. The Morgan fingerprint density at radius 1 is 1.47 bits per heavy atom. The van der Waals surface area contributed by atoms with Gasteiger partial charge in [0.05, 0.1) is 19.3 Å². The molecule has 1 aromatic rings. The van der Waals surface area contributed by atoms with Crippen LogP contribution in [0.5, 0.6) is 5.75 Å². The van der Waals surface area contributed by atoms with Crippen molar-refractivity contribution in [2.75, 3.05) is 31.7 Å². The van der Waals surface area contributed by atoms with Crippen molar-refractivity contribution in [1.82, 2.24) is 9.97 Å². The Balaban J connectivity index is 2.30. The number of methoxy groups -OCH3 is 1. The maximum atomic E-state index is 5.99. The van der Waals surface area contributed by atoms with Crippen molar-refractivity contribution in [3.8, 4) is 5.75 Å². The molecule has 94 valence electrons. The van der Waals surface area contributed by atoms with Gasteiger partial charge in [0.15, 0.2) is 16.7 Å². The van der Waals surface area contributed by atoms with Gasteiger partial charge in [-0.1, -0.05) is 11.6 Å². The normalized spacial score (nSPS) is 19.2. The number of aromatic nitrogens is 2. The lowest BCUT2D eigenvalue weighted by Gasteiger charge is -2.39. The number of hydrogen-bond acceptors (Lipinski definition) is 5. The van der Waals surface area contributed by atoms with Crippen LogP contribution in [0, 0.1) is 0 Å². The van der Waals surface area contributed by atoms with Crippen molar-refractivity contribution in [3.05, 3.63) is 11.5 Å². The fourth-order valence-corrected chi connectivity index (χ4v) is 2.15. The van der Waals surface area contributed by atoms with Crippen molar-refractivity contribution in [1.29, 1.82) is 0 Å². The first-order valence-corrected chi connectivity index (χ1v) is 5.85. The van der Waals surface area contributed by atoms with Gasteiger partial charge in [0, 0.05) is 13.1 Å². The molecule has 17 heavy (non-hydrogen) atoms. The molecule has 1 aliphatic rings. The summed E-state index contributed by atoms with van der Waals surface area (Å²) >= 11 is 5.99. The second-order valence-electron chi connectivity index (χ2n) is 4.55. The number of ether oxygens (including phenoxy) is 2. The van der Waals surface area contributed by atoms with Gasteiger partial charge in [0.25, 0.3) is 0 Å². The Kier molecular flexibility index (Phi) is 3.40. The van der Waals surface area contributed by atoms with Gasteiger partial charge in [0.2, 0.25) is 0 Å². The average molecular weight is 258 g/mol. The maximum Gasteiger partial charge on any atom is 0.199 e. The Morgan fingerprint density at radius 3 is 2.88 bits per heavy atom. The van der Waals surface area contributed by atoms with Crippen LogP contribution in [0.1, 0.15) is 13.8 Å². The Hall–Kier alpha value is -1.07. The maximum absolute atomic E-state index is 5.99. The largest absolute Gasteiger partial charge is 0.490 e. The zero-order valence-corrected chi connectivity index (χ0v) is 11.0. The van der Waals surface area contributed by atoms with Crippen molar-refractivity contribution >= 4 is 17.4 Å². The van der Waals surface area contributed by atoms with E-state index in [9.17, 15) is 0 Å². The first-order chi connectivity index (χ1) is 8.03. The van der Waals surface area contributed by atoms with E-state index in [2.05, 4.69) is 28.7 Å². The fourth-order valence-electron chi connectivity index (χ4n) is 1.94. The van der Waals surface area contributed by atoms with E-state index in [-0.39, 0.29) is 5.60 Å². The predicted octanol–water partition coefficient (Wildman–Crippen LogP) is 1.75. The number of halogens is 1. The molecule has 6 heteroatoms. The van der Waals surface area contributed by atoms with Gasteiger partial charge in [-0.05, 0) is 13.8 Å². The monoisotopic (exact) mass is 257 g/mol. The van der Waals surface area contributed by atoms with Crippen LogP contribution in [-0.2, 0) is 4.74 Å². The topological polar surface area (TPSA) is 47.5 Å². The molecule has 0 radical (unpaired) electrons. The van der Waals surface area contributed by atoms with Gasteiger partial charge in [-0.25, -0.2) is 9.97 Å². The van der Waals surface area contributed by atoms with E-state index in [1.807, 2.05) is 0 Å². The molecule has 0 aromatic carbocycles. The summed E-state index contributed by atoms with van der Waals surface area (Å²) in [5.41, 5.74) is -0.194. The summed E-state index contributed by atoms with van der Waals surface area (Å²) in [6.07, 6.45) is 1.45. The minimum absolute atomic E-state index is 0.194. The fraction of sp³-hybridized carbons (Fsp3) is 0.636. The highest BCUT2D eigenvalue weighted by Gasteiger charge is 2.30. The van der Waals surface area contributed by atoms with Gasteiger partial charge in [-0.3, -0.25) is 0 Å². The third kappa shape index (κ3) is 2.61. The standard InChI is InChI=1S/C11H16ClN3O2/c1-11(2)6-15(4-5-17-11)10-8(16-3)9(12)13-7-14-10/h7H,4-6H2,1-3H3. The highest BCUT2D eigenvalue weighted by atomic mass is 35.5. The lowest BCUT2D eigenvalue weighted by molar-refractivity contribution is -0.0280. The third-order valence-corrected chi connectivity index (χ3v) is 2.94. The van der Waals surface area contributed by atoms with Crippen LogP contribution in [0.2, 0.25) is 5.15 Å². The van der Waals surface area contributed by atoms with Gasteiger partial charge >= 0.3 is 0 Å². The smallest absolute Gasteiger partial charge is 0.199 e. The highest BCUT2D eigenvalue weighted by molar-refractivity contribution is 6.31. The zero-order chi connectivity index (χ0) is 12.5. The van der Waals surface area contributed by atoms with E-state index in [4.69, 9.17) is 21.1 Å². The summed E-state index contributed by atoms with van der Waals surface area (Å²) in [6, 6.07) is 0. The van der Waals surface area contributed by atoms with E-state index in [1.165, 1.54) is 6.33 Å². The average Bonchev–Trinajstić information content (AvgIpc) is 2.27. The van der Waals surface area contributed by atoms with Crippen LogP contribution in [0.25, 0.3) is 0 Å². The molecule has 0 bridgehead atoms. The Morgan fingerprint density at radius 2 is 2.24 bits per heavy atom. The molecule has 0 N–H and O–H groups in total. The number of anilines is 1. The lowest BCUT2D eigenvalue weighted by Crippen LogP contribution is -2.48. The molecule has 1 saturated heterocycles. The van der Waals surface area contributed by atoms with Crippen LogP contribution < -0.4 is 9.64 Å². The Labute approximate surface area is 106 Å². The summed E-state index contributed by atoms with van der Waals surface area (Å²) in [4.78, 5) is 10.3. The minimum Gasteiger partial charge on any atom is -0.490 e. The van der Waals surface area contributed by atoms with Gasteiger partial charge in [0.1, 0.15) is 6.33 Å². The number of morpholine rings is 1. The van der Waals surface area contributed by atoms with Crippen molar-refractivity contribution in [3.63, 3.8) is 0 Å². The minimum atomic E-state index is -0.194. The summed E-state index contributed by atoms with van der Waals surface area (Å²) in [5, 5.41) is 0.335. The quantitative estimate of drug-likeness (QED) is 0.756. The van der Waals surface area contributed by atoms with Gasteiger partial charge in [-0.2, -0.15) is 0 Å². The summed E-state index contributed by atoms with van der Waals surface area (Å²) in [7, 11) is 1.57. The Bertz CT molecular complexity index is 412. The number of rotatable bonds is 2. The highest BCUT2D eigenvalue weighted by Crippen LogP contribution is 2.33. The molecule has 0 saturated carbocycles. The lowest BCUT2D eigenvalue weighted by atomic mass is 10.1. The number of nitrogens with zero attached hydrogens (tertiary/aromatic N) is 3. The molecule has 2 heterocycles. The molecular weight excluding hydrogens is 242 g/mol. The van der Waals surface area contributed by atoms with Gasteiger partial charge < -0.3 is 14.4 Å². The van der Waals surface area contributed by atoms with Crippen molar-refractivity contribution < 1.29 is 9.47 Å². The summed E-state index contributed by atoms with van der Waals surface area (Å²) in [5.74, 6) is 1.25. The van der Waals surface area contributed by atoms with Crippen LogP contribution in [0.4, 0.5) is 5.82 Å². The van der Waals surface area contributed by atoms with E-state index in [0.29, 0.717) is 17.5 Å². The van der Waals surface area contributed by atoms with Crippen molar-refractivity contribution in [2.24, 2.45) is 0 Å². The molecule has 0 spiro atoms. The molecule has 5 nitrogen and oxygen atoms in total. The van der Waals surface area contributed by atoms with Crippen LogP contribution in [0.15, 0.2) is 6.33 Å². The van der Waals surface area contributed by atoms with E-state index in [0.717, 1.165) is 18.9 Å².